The summed E-state index contributed by atoms with van der Waals surface area (Å²) in [5, 5.41) is 4.45. The standard InChI is InChI=1S/C18H16ClN3O4S/c1-22-18(23)10-8-15(20-22)12-3-6-14(7-4-12)21-27(24,25)17-11-13(19)5-9-16(17)26-2/h3-11,21H,1-2H3. The average Bonchev–Trinajstić information content (AvgIpc) is 2.64. The number of ether oxygens (including phenoxy) is 1. The van der Waals surface area contributed by atoms with Crippen molar-refractivity contribution in [2.45, 2.75) is 4.90 Å². The van der Waals surface area contributed by atoms with Gasteiger partial charge in [-0.25, -0.2) is 13.1 Å². The van der Waals surface area contributed by atoms with Crippen LogP contribution in [0.5, 0.6) is 5.75 Å². The van der Waals surface area contributed by atoms with Crippen LogP contribution >= 0.6 is 11.6 Å². The Labute approximate surface area is 161 Å². The molecule has 1 aromatic heterocycles. The van der Waals surface area contributed by atoms with Crippen LogP contribution in [-0.4, -0.2) is 25.3 Å². The Morgan fingerprint density at radius 2 is 1.78 bits per heavy atom. The van der Waals surface area contributed by atoms with Crippen molar-refractivity contribution >= 4 is 27.3 Å². The topological polar surface area (TPSA) is 90.3 Å². The lowest BCUT2D eigenvalue weighted by Gasteiger charge is -2.12. The Balaban J connectivity index is 1.89. The highest BCUT2D eigenvalue weighted by atomic mass is 35.5. The lowest BCUT2D eigenvalue weighted by Crippen LogP contribution is -2.18. The summed E-state index contributed by atoms with van der Waals surface area (Å²) in [5.74, 6) is 0.193. The maximum absolute atomic E-state index is 12.7. The van der Waals surface area contributed by atoms with Crippen LogP contribution in [0.3, 0.4) is 0 Å². The zero-order chi connectivity index (χ0) is 19.6. The molecule has 0 saturated carbocycles. The summed E-state index contributed by atoms with van der Waals surface area (Å²) in [6.45, 7) is 0. The van der Waals surface area contributed by atoms with Gasteiger partial charge in [-0.15, -0.1) is 0 Å². The van der Waals surface area contributed by atoms with E-state index < -0.39 is 10.0 Å². The molecule has 0 aliphatic rings. The number of methoxy groups -OCH3 is 1. The summed E-state index contributed by atoms with van der Waals surface area (Å²) < 4.78 is 34.2. The Hall–Kier alpha value is -2.84. The van der Waals surface area contributed by atoms with Gasteiger partial charge in [0.15, 0.2) is 0 Å². The number of nitrogens with one attached hydrogen (secondary N) is 1. The molecule has 0 fully saturated rings. The Bertz CT molecular complexity index is 1140. The van der Waals surface area contributed by atoms with Crippen molar-refractivity contribution in [1.29, 1.82) is 0 Å². The van der Waals surface area contributed by atoms with E-state index in [1.807, 2.05) is 0 Å². The number of hydrogen-bond donors (Lipinski definition) is 1. The molecule has 7 nitrogen and oxygen atoms in total. The molecule has 0 aliphatic carbocycles. The van der Waals surface area contributed by atoms with Crippen LogP contribution in [0.1, 0.15) is 0 Å². The fourth-order valence-electron chi connectivity index (χ4n) is 2.44. The van der Waals surface area contributed by atoms with Crippen molar-refractivity contribution in [1.82, 2.24) is 9.78 Å². The SMILES string of the molecule is COc1ccc(Cl)cc1S(=O)(=O)Nc1ccc(-c2ccc(=O)n(C)n2)cc1. The first-order valence-electron chi connectivity index (χ1n) is 7.81. The molecule has 0 unspecified atom stereocenters. The van der Waals surface area contributed by atoms with Crippen molar-refractivity contribution in [2.24, 2.45) is 7.05 Å². The second-order valence-electron chi connectivity index (χ2n) is 5.66. The molecule has 1 heterocycles. The molecule has 1 N–H and O–H groups in total. The predicted octanol–water partition coefficient (Wildman–Crippen LogP) is 2.91. The van der Waals surface area contributed by atoms with Crippen molar-refractivity contribution in [2.75, 3.05) is 11.8 Å². The van der Waals surface area contributed by atoms with Gasteiger partial charge in [0.2, 0.25) is 0 Å². The largest absolute Gasteiger partial charge is 0.495 e. The Kier molecular flexibility index (Phi) is 5.20. The van der Waals surface area contributed by atoms with E-state index >= 15 is 0 Å². The first-order valence-corrected chi connectivity index (χ1v) is 9.67. The van der Waals surface area contributed by atoms with Crippen molar-refractivity contribution in [3.8, 4) is 17.0 Å². The van der Waals surface area contributed by atoms with Gasteiger partial charge in [0.1, 0.15) is 10.6 Å². The van der Waals surface area contributed by atoms with Crippen LogP contribution < -0.4 is 15.0 Å². The van der Waals surface area contributed by atoms with E-state index in [-0.39, 0.29) is 21.2 Å². The summed E-state index contributed by atoms with van der Waals surface area (Å²) in [4.78, 5) is 11.4. The number of aryl methyl sites for hydroxylation is 1. The van der Waals surface area contributed by atoms with Gasteiger partial charge in [0.05, 0.1) is 12.8 Å². The van der Waals surface area contributed by atoms with E-state index in [1.165, 1.54) is 30.0 Å². The number of rotatable bonds is 5. The van der Waals surface area contributed by atoms with E-state index in [2.05, 4.69) is 9.82 Å². The van der Waals surface area contributed by atoms with Gasteiger partial charge in [0.25, 0.3) is 15.6 Å². The minimum absolute atomic E-state index is 0.0543. The lowest BCUT2D eigenvalue weighted by molar-refractivity contribution is 0.403. The molecule has 9 heteroatoms. The maximum atomic E-state index is 12.7. The zero-order valence-corrected chi connectivity index (χ0v) is 16.1. The monoisotopic (exact) mass is 405 g/mol. The third kappa shape index (κ3) is 4.12. The number of anilines is 1. The van der Waals surface area contributed by atoms with E-state index in [0.717, 1.165) is 5.56 Å². The lowest BCUT2D eigenvalue weighted by atomic mass is 10.1. The zero-order valence-electron chi connectivity index (χ0n) is 14.5. The van der Waals surface area contributed by atoms with E-state index in [9.17, 15) is 13.2 Å². The Morgan fingerprint density at radius 1 is 1.07 bits per heavy atom. The quantitative estimate of drug-likeness (QED) is 0.704. The molecule has 0 saturated heterocycles. The molecule has 0 bridgehead atoms. The first kappa shape index (κ1) is 18.9. The molecule has 0 spiro atoms. The molecule has 140 valence electrons. The van der Waals surface area contributed by atoms with Gasteiger partial charge in [0, 0.05) is 29.4 Å². The second kappa shape index (κ2) is 7.42. The summed E-state index contributed by atoms with van der Waals surface area (Å²) >= 11 is 5.92. The van der Waals surface area contributed by atoms with E-state index in [1.54, 1.807) is 43.4 Å². The van der Waals surface area contributed by atoms with Crippen LogP contribution in [0.4, 0.5) is 5.69 Å². The molecule has 3 rings (SSSR count). The molecular formula is C18H16ClN3O4S. The molecule has 3 aromatic rings. The minimum atomic E-state index is -3.89. The van der Waals surface area contributed by atoms with Gasteiger partial charge in [-0.2, -0.15) is 5.10 Å². The Morgan fingerprint density at radius 3 is 2.41 bits per heavy atom. The number of aromatic nitrogens is 2. The van der Waals surface area contributed by atoms with Crippen LogP contribution in [0, 0.1) is 0 Å². The highest BCUT2D eigenvalue weighted by Crippen LogP contribution is 2.29. The number of sulfonamides is 1. The van der Waals surface area contributed by atoms with Gasteiger partial charge in [-0.05, 0) is 36.4 Å². The van der Waals surface area contributed by atoms with Gasteiger partial charge in [-0.3, -0.25) is 9.52 Å². The third-order valence-electron chi connectivity index (χ3n) is 3.81. The summed E-state index contributed by atoms with van der Waals surface area (Å²) in [7, 11) is -0.941. The molecule has 0 aliphatic heterocycles. The first-order chi connectivity index (χ1) is 12.8. The molecule has 0 radical (unpaired) electrons. The highest BCUT2D eigenvalue weighted by molar-refractivity contribution is 7.92. The molecule has 27 heavy (non-hydrogen) atoms. The van der Waals surface area contributed by atoms with Crippen molar-refractivity contribution in [3.05, 3.63) is 70.0 Å². The highest BCUT2D eigenvalue weighted by Gasteiger charge is 2.20. The van der Waals surface area contributed by atoms with Crippen molar-refractivity contribution < 1.29 is 13.2 Å². The summed E-state index contributed by atoms with van der Waals surface area (Å²) in [5.41, 5.74) is 1.50. The van der Waals surface area contributed by atoms with E-state index in [4.69, 9.17) is 16.3 Å². The minimum Gasteiger partial charge on any atom is -0.495 e. The second-order valence-corrected chi connectivity index (χ2v) is 7.75. The molecular weight excluding hydrogens is 390 g/mol. The summed E-state index contributed by atoms with van der Waals surface area (Å²) in [6, 6.07) is 14.0. The van der Waals surface area contributed by atoms with Crippen LogP contribution in [0.2, 0.25) is 5.02 Å². The average molecular weight is 406 g/mol. The number of benzene rings is 2. The number of nitrogens with zero attached hydrogens (tertiary/aromatic N) is 2. The van der Waals surface area contributed by atoms with Crippen LogP contribution in [-0.2, 0) is 17.1 Å². The fraction of sp³-hybridized carbons (Fsp3) is 0.111. The van der Waals surface area contributed by atoms with Crippen LogP contribution in [0.15, 0.2) is 64.3 Å². The van der Waals surface area contributed by atoms with Crippen LogP contribution in [0.25, 0.3) is 11.3 Å². The number of halogens is 1. The normalized spacial score (nSPS) is 11.2. The van der Waals surface area contributed by atoms with Crippen molar-refractivity contribution in [3.63, 3.8) is 0 Å². The van der Waals surface area contributed by atoms with E-state index in [0.29, 0.717) is 11.4 Å². The fourth-order valence-corrected chi connectivity index (χ4v) is 3.93. The number of hydrogen-bond acceptors (Lipinski definition) is 5. The maximum Gasteiger partial charge on any atom is 0.266 e. The summed E-state index contributed by atoms with van der Waals surface area (Å²) in [6.07, 6.45) is 0. The van der Waals surface area contributed by atoms with Gasteiger partial charge in [-0.1, -0.05) is 23.7 Å². The van der Waals surface area contributed by atoms with Gasteiger partial charge < -0.3 is 4.74 Å². The predicted molar refractivity (Wildman–Crippen MR) is 104 cm³/mol. The molecule has 0 amide bonds. The third-order valence-corrected chi connectivity index (χ3v) is 5.45. The molecule has 0 atom stereocenters. The van der Waals surface area contributed by atoms with Gasteiger partial charge >= 0.3 is 0 Å². The smallest absolute Gasteiger partial charge is 0.266 e. The molecule has 2 aromatic carbocycles.